The van der Waals surface area contributed by atoms with Gasteiger partial charge < -0.3 is 4.57 Å². The van der Waals surface area contributed by atoms with Gasteiger partial charge in [-0.25, -0.2) is 4.58 Å². The van der Waals surface area contributed by atoms with Gasteiger partial charge in [0.25, 0.3) is 0 Å². The topological polar surface area (TPSA) is 7.94 Å². The lowest BCUT2D eigenvalue weighted by Gasteiger charge is -2.22. The summed E-state index contributed by atoms with van der Waals surface area (Å²) >= 11 is 1.94. The molecule has 2 unspecified atom stereocenters. The van der Waals surface area contributed by atoms with E-state index in [1.54, 1.807) is 0 Å². The summed E-state index contributed by atoms with van der Waals surface area (Å²) in [7, 11) is 2.16. The summed E-state index contributed by atoms with van der Waals surface area (Å²) in [5, 5.41) is 2.34. The smallest absolute Gasteiger partial charge is 0.203 e. The fraction of sp³-hybridized carbons (Fsp3) is 0.182. The van der Waals surface area contributed by atoms with Crippen LogP contribution in [0, 0.1) is 20.8 Å². The highest BCUT2D eigenvalue weighted by Crippen LogP contribution is 2.50. The average molecular weight is 488 g/mol. The number of allylic oxidation sites excluding steroid dienone is 1. The number of nitrogens with zero attached hydrogens (tertiary/aromatic N) is 2. The van der Waals surface area contributed by atoms with Crippen molar-refractivity contribution in [2.24, 2.45) is 0 Å². The Morgan fingerprint density at radius 2 is 1.61 bits per heavy atom. The Bertz CT molecular complexity index is 1820. The molecule has 0 fully saturated rings. The normalized spacial score (nSPS) is 19.6. The first-order valence-corrected chi connectivity index (χ1v) is 13.4. The number of hydrogen-bond donors (Lipinski definition) is 0. The van der Waals surface area contributed by atoms with Gasteiger partial charge in [-0.05, 0) is 73.8 Å². The van der Waals surface area contributed by atoms with Crippen LogP contribution in [0.4, 0.5) is 0 Å². The summed E-state index contributed by atoms with van der Waals surface area (Å²) < 4.78 is 21.9. The van der Waals surface area contributed by atoms with Crippen molar-refractivity contribution < 1.29 is 7.32 Å². The highest BCUT2D eigenvalue weighted by molar-refractivity contribution is 8.01. The molecule has 2 atom stereocenters. The van der Waals surface area contributed by atoms with Crippen LogP contribution in [-0.2, 0) is 0 Å². The van der Waals surface area contributed by atoms with E-state index >= 15 is 0 Å². The summed E-state index contributed by atoms with van der Waals surface area (Å²) in [6.45, 7) is 6.63. The van der Waals surface area contributed by atoms with Crippen LogP contribution in [0.5, 0.6) is 0 Å². The van der Waals surface area contributed by atoms with Crippen molar-refractivity contribution in [2.45, 2.75) is 36.8 Å². The zero-order valence-corrected chi connectivity index (χ0v) is 21.8. The van der Waals surface area contributed by atoms with Gasteiger partial charge in [-0.2, -0.15) is 0 Å². The first kappa shape index (κ1) is 19.6. The summed E-state index contributed by atoms with van der Waals surface area (Å²) in [6, 6.07) is 24.0. The minimum absolute atomic E-state index is 0.298. The van der Waals surface area contributed by atoms with Crippen molar-refractivity contribution in [3.63, 3.8) is 0 Å². The zero-order valence-electron chi connectivity index (χ0n) is 23.0. The van der Waals surface area contributed by atoms with E-state index in [4.69, 9.17) is 2.74 Å². The van der Waals surface area contributed by atoms with Crippen LogP contribution in [0.25, 0.3) is 27.5 Å². The van der Waals surface area contributed by atoms with Crippen molar-refractivity contribution >= 4 is 39.3 Å². The highest BCUT2D eigenvalue weighted by atomic mass is 32.2. The Hall–Kier alpha value is -3.56. The Labute approximate surface area is 219 Å². The van der Waals surface area contributed by atoms with Gasteiger partial charge in [-0.1, -0.05) is 54.1 Å². The predicted molar refractivity (Wildman–Crippen MR) is 153 cm³/mol. The quantitative estimate of drug-likeness (QED) is 0.230. The largest absolute Gasteiger partial charge is 0.309 e. The number of benzene rings is 4. The molecule has 3 heterocycles. The maximum Gasteiger partial charge on any atom is 0.203 e. The average Bonchev–Trinajstić information content (AvgIpc) is 3.43. The van der Waals surface area contributed by atoms with E-state index in [0.29, 0.717) is 23.3 Å². The molecule has 0 saturated carbocycles. The van der Waals surface area contributed by atoms with Gasteiger partial charge >= 0.3 is 0 Å². The monoisotopic (exact) mass is 487 g/mol. The fourth-order valence-electron chi connectivity index (χ4n) is 6.03. The molecule has 3 heteroatoms. The lowest BCUT2D eigenvalue weighted by Crippen LogP contribution is -2.32. The molecule has 1 aromatic heterocycles. The maximum absolute atomic E-state index is 8.74. The van der Waals surface area contributed by atoms with Crippen LogP contribution in [0.2, 0.25) is 0 Å². The number of fused-ring (bicyclic) bond motifs is 6. The minimum atomic E-state index is 0.298. The summed E-state index contributed by atoms with van der Waals surface area (Å²) in [5.74, 6) is 0.312. The second-order valence-electron chi connectivity index (χ2n) is 10.1. The van der Waals surface area contributed by atoms with Crippen LogP contribution < -0.4 is 0 Å². The zero-order chi connectivity index (χ0) is 26.3. The SMILES string of the molecule is [2H]c1cccc2c3cccc([2H])c3n(-c3ccc4c(c3)SC3C(c5cc(C)cc(C)c5C)=[N+](C)C=CC43)c12. The third-order valence-corrected chi connectivity index (χ3v) is 9.23. The molecule has 7 rings (SSSR count). The second kappa shape index (κ2) is 7.97. The van der Waals surface area contributed by atoms with Gasteiger partial charge in [0.05, 0.1) is 13.8 Å². The molecule has 4 aromatic carbocycles. The third-order valence-electron chi connectivity index (χ3n) is 7.85. The van der Waals surface area contributed by atoms with Gasteiger partial charge in [0.2, 0.25) is 5.71 Å². The minimum Gasteiger partial charge on any atom is -0.309 e. The Balaban J connectivity index is 1.40. The van der Waals surface area contributed by atoms with Crippen LogP contribution >= 0.6 is 11.8 Å². The first-order valence-electron chi connectivity index (χ1n) is 13.5. The van der Waals surface area contributed by atoms with E-state index in [9.17, 15) is 0 Å². The number of hydrogen-bond acceptors (Lipinski definition) is 1. The molecule has 2 aliphatic rings. The van der Waals surface area contributed by atoms with Crippen molar-refractivity contribution in [1.82, 2.24) is 4.57 Å². The van der Waals surface area contributed by atoms with Gasteiger partial charge in [-0.15, -0.1) is 11.8 Å². The molecule has 176 valence electrons. The molecule has 2 nitrogen and oxygen atoms in total. The Kier molecular flexibility index (Phi) is 4.34. The maximum atomic E-state index is 8.74. The molecule has 0 N–H and O–H groups in total. The van der Waals surface area contributed by atoms with E-state index < -0.39 is 0 Å². The number of rotatable bonds is 2. The molecular formula is C33H29N2S+. The molecule has 0 saturated heterocycles. The molecule has 5 aromatic rings. The van der Waals surface area contributed by atoms with Crippen molar-refractivity contribution in [3.05, 3.63) is 119 Å². The molecule has 0 aliphatic carbocycles. The fourth-order valence-corrected chi connectivity index (χ4v) is 7.62. The van der Waals surface area contributed by atoms with Gasteiger partial charge in [-0.3, -0.25) is 0 Å². The lowest BCUT2D eigenvalue weighted by molar-refractivity contribution is -0.424. The Morgan fingerprint density at radius 1 is 0.889 bits per heavy atom. The van der Waals surface area contributed by atoms with E-state index in [1.807, 2.05) is 36.0 Å². The van der Waals surface area contributed by atoms with Gasteiger partial charge in [0.15, 0.2) is 6.20 Å². The van der Waals surface area contributed by atoms with Gasteiger partial charge in [0, 0.05) is 32.8 Å². The second-order valence-corrected chi connectivity index (χ2v) is 11.3. The van der Waals surface area contributed by atoms with Crippen LogP contribution in [-0.4, -0.2) is 27.2 Å². The molecular weight excluding hydrogens is 456 g/mol. The molecule has 0 spiro atoms. The Morgan fingerprint density at radius 3 is 2.33 bits per heavy atom. The van der Waals surface area contributed by atoms with Crippen molar-refractivity contribution in [1.29, 1.82) is 0 Å². The number of aromatic nitrogens is 1. The molecule has 2 aliphatic heterocycles. The number of aryl methyl sites for hydroxylation is 2. The predicted octanol–water partition coefficient (Wildman–Crippen LogP) is 7.93. The highest BCUT2D eigenvalue weighted by Gasteiger charge is 2.43. The van der Waals surface area contributed by atoms with Crippen LogP contribution in [0.1, 0.15) is 36.5 Å². The van der Waals surface area contributed by atoms with Crippen LogP contribution in [0.3, 0.4) is 0 Å². The lowest BCUT2D eigenvalue weighted by atomic mass is 9.86. The molecule has 0 bridgehead atoms. The van der Waals surface area contributed by atoms with Crippen LogP contribution in [0.15, 0.2) is 96.0 Å². The van der Waals surface area contributed by atoms with Gasteiger partial charge in [0.1, 0.15) is 12.3 Å². The van der Waals surface area contributed by atoms with Crippen molar-refractivity contribution in [3.8, 4) is 5.69 Å². The van der Waals surface area contributed by atoms with E-state index in [0.717, 1.165) is 27.5 Å². The summed E-state index contributed by atoms with van der Waals surface area (Å²) in [4.78, 5) is 1.27. The van der Waals surface area contributed by atoms with Crippen molar-refractivity contribution in [2.75, 3.05) is 7.05 Å². The third kappa shape index (κ3) is 3.09. The van der Waals surface area contributed by atoms with E-state index in [1.165, 1.54) is 38.4 Å². The molecule has 0 radical (unpaired) electrons. The summed E-state index contributed by atoms with van der Waals surface area (Å²) in [5.41, 5.74) is 10.8. The number of thioether (sulfide) groups is 1. The van der Waals surface area contributed by atoms with E-state index in [2.05, 4.69) is 91.7 Å². The standard InChI is InChI=1S/C33H29N2S/c1-20-17-21(2)22(3)28(18-20)32-33-27(15-16-34(32)4)26-14-13-23(19-31(26)36-33)35-29-11-7-5-9-24(29)25-10-6-8-12-30(25)35/h5-19,27,33H,1-4H3/q+1/i11D,12D. The first-order chi connectivity index (χ1) is 18.3. The molecule has 36 heavy (non-hydrogen) atoms. The molecule has 0 amide bonds. The van der Waals surface area contributed by atoms with E-state index in [-0.39, 0.29) is 0 Å². The number of para-hydroxylation sites is 2. The summed E-state index contributed by atoms with van der Waals surface area (Å²) in [6.07, 6.45) is 4.57.